The Morgan fingerprint density at radius 1 is 1.31 bits per heavy atom. The van der Waals surface area contributed by atoms with Gasteiger partial charge in [0, 0.05) is 0 Å². The van der Waals surface area contributed by atoms with Gasteiger partial charge in [-0.25, -0.2) is 4.68 Å². The SMILES string of the molecule is Cc1c(C#N)nnn1C(C)c1ccccc1. The van der Waals surface area contributed by atoms with Crippen LogP contribution in [0.2, 0.25) is 0 Å². The van der Waals surface area contributed by atoms with Crippen molar-refractivity contribution < 1.29 is 0 Å². The molecule has 0 aliphatic heterocycles. The summed E-state index contributed by atoms with van der Waals surface area (Å²) in [6.07, 6.45) is 0. The van der Waals surface area contributed by atoms with Crippen LogP contribution in [0.15, 0.2) is 30.3 Å². The van der Waals surface area contributed by atoms with Gasteiger partial charge in [-0.15, -0.1) is 5.10 Å². The summed E-state index contributed by atoms with van der Waals surface area (Å²) in [4.78, 5) is 0. The molecule has 0 N–H and O–H groups in total. The zero-order chi connectivity index (χ0) is 11.5. The van der Waals surface area contributed by atoms with E-state index >= 15 is 0 Å². The van der Waals surface area contributed by atoms with Crippen LogP contribution in [0.4, 0.5) is 0 Å². The van der Waals surface area contributed by atoms with E-state index in [1.165, 1.54) is 0 Å². The Labute approximate surface area is 94.1 Å². The predicted octanol–water partition coefficient (Wildman–Crippen LogP) is 2.07. The first-order valence-corrected chi connectivity index (χ1v) is 5.11. The number of rotatable bonds is 2. The fourth-order valence-electron chi connectivity index (χ4n) is 1.68. The van der Waals surface area contributed by atoms with Crippen molar-refractivity contribution in [2.24, 2.45) is 0 Å². The maximum absolute atomic E-state index is 8.82. The fraction of sp³-hybridized carbons (Fsp3) is 0.250. The van der Waals surface area contributed by atoms with Crippen LogP contribution in [-0.4, -0.2) is 15.0 Å². The van der Waals surface area contributed by atoms with Gasteiger partial charge in [-0.1, -0.05) is 35.5 Å². The van der Waals surface area contributed by atoms with Crippen molar-refractivity contribution in [1.82, 2.24) is 15.0 Å². The van der Waals surface area contributed by atoms with Gasteiger partial charge in [-0.3, -0.25) is 0 Å². The predicted molar refractivity (Wildman–Crippen MR) is 59.7 cm³/mol. The van der Waals surface area contributed by atoms with Crippen molar-refractivity contribution in [2.75, 3.05) is 0 Å². The molecule has 0 aliphatic rings. The van der Waals surface area contributed by atoms with Gasteiger partial charge < -0.3 is 0 Å². The molecule has 0 spiro atoms. The molecule has 0 fully saturated rings. The third-order valence-corrected chi connectivity index (χ3v) is 2.68. The van der Waals surface area contributed by atoms with Crippen LogP contribution < -0.4 is 0 Å². The molecule has 0 aliphatic carbocycles. The molecule has 1 aromatic heterocycles. The third-order valence-electron chi connectivity index (χ3n) is 2.68. The van der Waals surface area contributed by atoms with E-state index in [4.69, 9.17) is 5.26 Å². The molecule has 4 nitrogen and oxygen atoms in total. The second-order valence-corrected chi connectivity index (χ2v) is 3.67. The Kier molecular flexibility index (Phi) is 2.69. The molecule has 1 heterocycles. The van der Waals surface area contributed by atoms with Crippen LogP contribution in [0, 0.1) is 18.3 Å². The van der Waals surface area contributed by atoms with Crippen molar-refractivity contribution in [3.05, 3.63) is 47.3 Å². The molecule has 2 rings (SSSR count). The smallest absolute Gasteiger partial charge is 0.185 e. The Hall–Kier alpha value is -2.15. The summed E-state index contributed by atoms with van der Waals surface area (Å²) >= 11 is 0. The van der Waals surface area contributed by atoms with Crippen molar-refractivity contribution in [2.45, 2.75) is 19.9 Å². The molecule has 4 heteroatoms. The number of hydrogen-bond donors (Lipinski definition) is 0. The summed E-state index contributed by atoms with van der Waals surface area (Å²) in [6.45, 7) is 3.90. The Balaban J connectivity index is 2.39. The van der Waals surface area contributed by atoms with Crippen LogP contribution in [0.5, 0.6) is 0 Å². The number of nitriles is 1. The summed E-state index contributed by atoms with van der Waals surface area (Å²) in [7, 11) is 0. The summed E-state index contributed by atoms with van der Waals surface area (Å²) < 4.78 is 1.77. The minimum absolute atomic E-state index is 0.0933. The van der Waals surface area contributed by atoms with Crippen LogP contribution in [0.1, 0.15) is 29.9 Å². The zero-order valence-corrected chi connectivity index (χ0v) is 9.25. The minimum atomic E-state index is 0.0933. The van der Waals surface area contributed by atoms with Crippen molar-refractivity contribution in [1.29, 1.82) is 5.26 Å². The molecule has 0 saturated heterocycles. The highest BCUT2D eigenvalue weighted by atomic mass is 15.4. The average Bonchev–Trinajstić information content (AvgIpc) is 2.70. The molecule has 0 bridgehead atoms. The van der Waals surface area contributed by atoms with Gasteiger partial charge in [0.25, 0.3) is 0 Å². The van der Waals surface area contributed by atoms with E-state index in [0.29, 0.717) is 5.69 Å². The van der Waals surface area contributed by atoms with E-state index in [2.05, 4.69) is 10.3 Å². The van der Waals surface area contributed by atoms with E-state index in [0.717, 1.165) is 11.3 Å². The first-order chi connectivity index (χ1) is 7.74. The standard InChI is InChI=1S/C12H12N4/c1-9(11-6-4-3-5-7-11)16-10(2)12(8-13)14-15-16/h3-7,9H,1-2H3. The molecule has 80 valence electrons. The fourth-order valence-corrected chi connectivity index (χ4v) is 1.68. The quantitative estimate of drug-likeness (QED) is 0.765. The van der Waals surface area contributed by atoms with Crippen LogP contribution in [0.25, 0.3) is 0 Å². The summed E-state index contributed by atoms with van der Waals surface area (Å²) in [5, 5.41) is 16.7. The molecular weight excluding hydrogens is 200 g/mol. The molecule has 0 saturated carbocycles. The molecule has 16 heavy (non-hydrogen) atoms. The second kappa shape index (κ2) is 4.15. The van der Waals surface area contributed by atoms with Gasteiger partial charge in [0.15, 0.2) is 5.69 Å². The third kappa shape index (κ3) is 1.68. The molecule has 1 aromatic carbocycles. The van der Waals surface area contributed by atoms with Gasteiger partial charge in [0.1, 0.15) is 6.07 Å². The first kappa shape index (κ1) is 10.4. The van der Waals surface area contributed by atoms with Gasteiger partial charge in [0.05, 0.1) is 11.7 Å². The lowest BCUT2D eigenvalue weighted by Gasteiger charge is -2.13. The van der Waals surface area contributed by atoms with Gasteiger partial charge in [-0.05, 0) is 19.4 Å². The van der Waals surface area contributed by atoms with E-state index in [1.807, 2.05) is 50.2 Å². The zero-order valence-electron chi connectivity index (χ0n) is 9.25. The number of aromatic nitrogens is 3. The topological polar surface area (TPSA) is 54.5 Å². The highest BCUT2D eigenvalue weighted by Gasteiger charge is 2.14. The minimum Gasteiger partial charge on any atom is -0.241 e. The summed E-state index contributed by atoms with van der Waals surface area (Å²) in [5.41, 5.74) is 2.35. The van der Waals surface area contributed by atoms with E-state index < -0.39 is 0 Å². The lowest BCUT2D eigenvalue weighted by Crippen LogP contribution is -2.10. The van der Waals surface area contributed by atoms with Crippen molar-refractivity contribution in [3.8, 4) is 6.07 Å². The lowest BCUT2D eigenvalue weighted by atomic mass is 10.1. The average molecular weight is 212 g/mol. The molecule has 0 amide bonds. The van der Waals surface area contributed by atoms with Gasteiger partial charge in [-0.2, -0.15) is 5.26 Å². The van der Waals surface area contributed by atoms with Gasteiger partial charge >= 0.3 is 0 Å². The second-order valence-electron chi connectivity index (χ2n) is 3.67. The largest absolute Gasteiger partial charge is 0.241 e. The van der Waals surface area contributed by atoms with Crippen molar-refractivity contribution in [3.63, 3.8) is 0 Å². The van der Waals surface area contributed by atoms with Crippen LogP contribution in [-0.2, 0) is 0 Å². The Bertz CT molecular complexity index is 522. The maximum Gasteiger partial charge on any atom is 0.185 e. The van der Waals surface area contributed by atoms with E-state index in [-0.39, 0.29) is 6.04 Å². The van der Waals surface area contributed by atoms with Crippen molar-refractivity contribution >= 4 is 0 Å². The lowest BCUT2D eigenvalue weighted by molar-refractivity contribution is 0.531. The first-order valence-electron chi connectivity index (χ1n) is 5.11. The highest BCUT2D eigenvalue weighted by molar-refractivity contribution is 5.26. The van der Waals surface area contributed by atoms with E-state index in [9.17, 15) is 0 Å². The number of hydrogen-bond acceptors (Lipinski definition) is 3. The summed E-state index contributed by atoms with van der Waals surface area (Å²) in [5.74, 6) is 0. The number of nitrogens with zero attached hydrogens (tertiary/aromatic N) is 4. The van der Waals surface area contributed by atoms with Gasteiger partial charge in [0.2, 0.25) is 0 Å². The molecule has 1 unspecified atom stereocenters. The highest BCUT2D eigenvalue weighted by Crippen LogP contribution is 2.18. The molecule has 2 aromatic rings. The normalized spacial score (nSPS) is 12.1. The number of benzene rings is 1. The summed E-state index contributed by atoms with van der Waals surface area (Å²) in [6, 6.07) is 12.2. The molecular formula is C12H12N4. The van der Waals surface area contributed by atoms with E-state index in [1.54, 1.807) is 4.68 Å². The Morgan fingerprint density at radius 3 is 2.56 bits per heavy atom. The Morgan fingerprint density at radius 2 is 2.00 bits per heavy atom. The maximum atomic E-state index is 8.82. The molecule has 0 radical (unpaired) electrons. The van der Waals surface area contributed by atoms with Crippen LogP contribution >= 0.6 is 0 Å². The molecule has 1 atom stereocenters. The van der Waals surface area contributed by atoms with Crippen LogP contribution in [0.3, 0.4) is 0 Å². The monoisotopic (exact) mass is 212 g/mol.